The van der Waals surface area contributed by atoms with Gasteiger partial charge in [-0.15, -0.1) is 0 Å². The summed E-state index contributed by atoms with van der Waals surface area (Å²) in [6.45, 7) is 11.1. The van der Waals surface area contributed by atoms with Gasteiger partial charge < -0.3 is 10.2 Å². The van der Waals surface area contributed by atoms with Gasteiger partial charge in [-0.2, -0.15) is 0 Å². The van der Waals surface area contributed by atoms with Crippen molar-refractivity contribution in [2.45, 2.75) is 71.4 Å². The van der Waals surface area contributed by atoms with Crippen molar-refractivity contribution in [2.24, 2.45) is 11.8 Å². The lowest BCUT2D eigenvalue weighted by Gasteiger charge is -2.37. The largest absolute Gasteiger partial charge is 0.310 e. The summed E-state index contributed by atoms with van der Waals surface area (Å²) in [5, 5.41) is 3.89. The molecule has 1 aliphatic carbocycles. The van der Waals surface area contributed by atoms with Crippen molar-refractivity contribution in [1.82, 2.24) is 10.2 Å². The van der Waals surface area contributed by atoms with Gasteiger partial charge in [-0.3, -0.25) is 0 Å². The SMILES string of the molecule is CC1CCC(NC(C)CN2CCCCC2)C(C)C1. The lowest BCUT2D eigenvalue weighted by Crippen LogP contribution is -2.48. The average Bonchev–Trinajstić information content (AvgIpc) is 2.34. The van der Waals surface area contributed by atoms with Gasteiger partial charge in [-0.1, -0.05) is 20.3 Å². The second kappa shape index (κ2) is 6.91. The molecule has 0 amide bonds. The quantitative estimate of drug-likeness (QED) is 0.826. The minimum atomic E-state index is 0.656. The van der Waals surface area contributed by atoms with Crippen LogP contribution in [0.3, 0.4) is 0 Å². The monoisotopic (exact) mass is 252 g/mol. The van der Waals surface area contributed by atoms with Crippen molar-refractivity contribution in [3.05, 3.63) is 0 Å². The van der Waals surface area contributed by atoms with Crippen molar-refractivity contribution >= 4 is 0 Å². The van der Waals surface area contributed by atoms with Gasteiger partial charge in [0.05, 0.1) is 0 Å². The lowest BCUT2D eigenvalue weighted by atomic mass is 9.79. The van der Waals surface area contributed by atoms with Gasteiger partial charge in [0, 0.05) is 18.6 Å². The van der Waals surface area contributed by atoms with Crippen LogP contribution in [0.15, 0.2) is 0 Å². The minimum Gasteiger partial charge on any atom is -0.310 e. The molecule has 0 bridgehead atoms. The molecule has 0 radical (unpaired) electrons. The Hall–Kier alpha value is -0.0800. The maximum atomic E-state index is 3.89. The van der Waals surface area contributed by atoms with E-state index >= 15 is 0 Å². The summed E-state index contributed by atoms with van der Waals surface area (Å²) >= 11 is 0. The second-order valence-corrected chi connectivity index (χ2v) is 6.93. The molecule has 1 saturated carbocycles. The van der Waals surface area contributed by atoms with Gasteiger partial charge in [0.1, 0.15) is 0 Å². The van der Waals surface area contributed by atoms with E-state index in [0.717, 1.165) is 17.9 Å². The van der Waals surface area contributed by atoms with Crippen LogP contribution in [0.4, 0.5) is 0 Å². The van der Waals surface area contributed by atoms with Crippen LogP contribution in [-0.2, 0) is 0 Å². The first-order chi connectivity index (χ1) is 8.65. The summed E-state index contributed by atoms with van der Waals surface area (Å²) in [5.74, 6) is 1.80. The highest BCUT2D eigenvalue weighted by molar-refractivity contribution is 4.84. The van der Waals surface area contributed by atoms with E-state index in [-0.39, 0.29) is 0 Å². The fourth-order valence-corrected chi connectivity index (χ4v) is 3.86. The van der Waals surface area contributed by atoms with E-state index in [0.29, 0.717) is 6.04 Å². The molecule has 2 heteroatoms. The Kier molecular flexibility index (Phi) is 5.50. The molecule has 2 aliphatic rings. The first-order valence-corrected chi connectivity index (χ1v) is 8.13. The summed E-state index contributed by atoms with van der Waals surface area (Å²) in [7, 11) is 0. The summed E-state index contributed by atoms with van der Waals surface area (Å²) in [6.07, 6.45) is 8.46. The smallest absolute Gasteiger partial charge is 0.0169 e. The molecule has 0 aromatic rings. The van der Waals surface area contributed by atoms with Crippen LogP contribution in [0.2, 0.25) is 0 Å². The fourth-order valence-electron chi connectivity index (χ4n) is 3.86. The van der Waals surface area contributed by atoms with E-state index in [9.17, 15) is 0 Å². The number of hydrogen-bond donors (Lipinski definition) is 1. The van der Waals surface area contributed by atoms with Crippen molar-refractivity contribution in [3.8, 4) is 0 Å². The van der Waals surface area contributed by atoms with Gasteiger partial charge in [0.25, 0.3) is 0 Å². The van der Waals surface area contributed by atoms with E-state index in [1.807, 2.05) is 0 Å². The van der Waals surface area contributed by atoms with Crippen LogP contribution in [0.25, 0.3) is 0 Å². The van der Waals surface area contributed by atoms with Crippen molar-refractivity contribution in [2.75, 3.05) is 19.6 Å². The number of likely N-dealkylation sites (tertiary alicyclic amines) is 1. The second-order valence-electron chi connectivity index (χ2n) is 6.93. The average molecular weight is 252 g/mol. The summed E-state index contributed by atoms with van der Waals surface area (Å²) in [4.78, 5) is 2.65. The Morgan fingerprint density at radius 1 is 1.11 bits per heavy atom. The molecule has 2 rings (SSSR count). The van der Waals surface area contributed by atoms with Gasteiger partial charge in [0.2, 0.25) is 0 Å². The predicted octanol–water partition coefficient (Wildman–Crippen LogP) is 3.28. The molecule has 106 valence electrons. The Bertz CT molecular complexity index is 235. The van der Waals surface area contributed by atoms with Crippen molar-refractivity contribution < 1.29 is 0 Å². The zero-order chi connectivity index (χ0) is 13.0. The molecule has 0 spiro atoms. The highest BCUT2D eigenvalue weighted by Crippen LogP contribution is 2.28. The summed E-state index contributed by atoms with van der Waals surface area (Å²) < 4.78 is 0. The molecular formula is C16H32N2. The zero-order valence-corrected chi connectivity index (χ0v) is 12.6. The van der Waals surface area contributed by atoms with E-state index in [2.05, 4.69) is 31.0 Å². The number of piperidine rings is 1. The van der Waals surface area contributed by atoms with Crippen LogP contribution in [0.1, 0.15) is 59.3 Å². The third kappa shape index (κ3) is 4.24. The molecular weight excluding hydrogens is 220 g/mol. The van der Waals surface area contributed by atoms with Gasteiger partial charge in [-0.05, 0) is 64.0 Å². The van der Waals surface area contributed by atoms with Crippen molar-refractivity contribution in [1.29, 1.82) is 0 Å². The molecule has 4 unspecified atom stereocenters. The van der Waals surface area contributed by atoms with E-state index in [1.165, 1.54) is 58.2 Å². The summed E-state index contributed by atoms with van der Waals surface area (Å²) in [6, 6.07) is 1.42. The molecule has 1 aliphatic heterocycles. The Morgan fingerprint density at radius 3 is 2.50 bits per heavy atom. The predicted molar refractivity (Wildman–Crippen MR) is 78.9 cm³/mol. The molecule has 2 nitrogen and oxygen atoms in total. The normalized spacial score (nSPS) is 36.5. The summed E-state index contributed by atoms with van der Waals surface area (Å²) in [5.41, 5.74) is 0. The third-order valence-electron chi connectivity index (χ3n) is 4.91. The molecule has 1 N–H and O–H groups in total. The highest BCUT2D eigenvalue weighted by Gasteiger charge is 2.26. The topological polar surface area (TPSA) is 15.3 Å². The van der Waals surface area contributed by atoms with E-state index < -0.39 is 0 Å². The number of nitrogens with one attached hydrogen (secondary N) is 1. The highest BCUT2D eigenvalue weighted by atomic mass is 15.2. The Morgan fingerprint density at radius 2 is 1.83 bits per heavy atom. The third-order valence-corrected chi connectivity index (χ3v) is 4.91. The van der Waals surface area contributed by atoms with E-state index in [4.69, 9.17) is 0 Å². The number of hydrogen-bond acceptors (Lipinski definition) is 2. The van der Waals surface area contributed by atoms with E-state index in [1.54, 1.807) is 0 Å². The molecule has 0 aromatic heterocycles. The first kappa shape index (κ1) is 14.3. The molecule has 2 fully saturated rings. The Balaban J connectivity index is 1.71. The zero-order valence-electron chi connectivity index (χ0n) is 12.6. The van der Waals surface area contributed by atoms with Gasteiger partial charge in [-0.25, -0.2) is 0 Å². The fraction of sp³-hybridized carbons (Fsp3) is 1.00. The van der Waals surface area contributed by atoms with Crippen LogP contribution in [-0.4, -0.2) is 36.6 Å². The minimum absolute atomic E-state index is 0.656. The van der Waals surface area contributed by atoms with Gasteiger partial charge in [0.15, 0.2) is 0 Å². The number of rotatable bonds is 4. The molecule has 1 heterocycles. The van der Waals surface area contributed by atoms with Crippen LogP contribution >= 0.6 is 0 Å². The van der Waals surface area contributed by atoms with Crippen LogP contribution in [0.5, 0.6) is 0 Å². The van der Waals surface area contributed by atoms with Crippen molar-refractivity contribution in [3.63, 3.8) is 0 Å². The van der Waals surface area contributed by atoms with Gasteiger partial charge >= 0.3 is 0 Å². The standard InChI is InChI=1S/C16H32N2/c1-13-7-8-16(14(2)11-13)17-15(3)12-18-9-5-4-6-10-18/h13-17H,4-12H2,1-3H3. The molecule has 0 aromatic carbocycles. The van der Waals surface area contributed by atoms with Crippen LogP contribution < -0.4 is 5.32 Å². The maximum absolute atomic E-state index is 3.89. The maximum Gasteiger partial charge on any atom is 0.0169 e. The lowest BCUT2D eigenvalue weighted by molar-refractivity contribution is 0.175. The molecule has 1 saturated heterocycles. The first-order valence-electron chi connectivity index (χ1n) is 8.13. The molecule has 4 atom stereocenters. The van der Waals surface area contributed by atoms with Crippen LogP contribution in [0, 0.1) is 11.8 Å². The Labute approximate surface area is 114 Å². The molecule has 18 heavy (non-hydrogen) atoms. The number of nitrogens with zero attached hydrogens (tertiary/aromatic N) is 1.